The summed E-state index contributed by atoms with van der Waals surface area (Å²) in [6.45, 7) is 2.27. The minimum Gasteiger partial charge on any atom is -0.493 e. The van der Waals surface area contributed by atoms with Gasteiger partial charge in [-0.05, 0) is 30.2 Å². The molecular formula is C27H31N5O6. The Morgan fingerprint density at radius 2 is 1.58 bits per heavy atom. The molecule has 38 heavy (non-hydrogen) atoms. The zero-order valence-corrected chi connectivity index (χ0v) is 22.0. The first kappa shape index (κ1) is 26.5. The van der Waals surface area contributed by atoms with Crippen LogP contribution in [0.25, 0.3) is 0 Å². The van der Waals surface area contributed by atoms with E-state index in [0.29, 0.717) is 23.8 Å². The Balaban J connectivity index is 1.48. The van der Waals surface area contributed by atoms with Gasteiger partial charge in [0, 0.05) is 26.2 Å². The van der Waals surface area contributed by atoms with Crippen molar-refractivity contribution in [1.82, 2.24) is 25.3 Å². The fraction of sp³-hybridized carbons (Fsp3) is 0.333. The molecule has 3 amide bonds. The predicted molar refractivity (Wildman–Crippen MR) is 138 cm³/mol. The van der Waals surface area contributed by atoms with Crippen molar-refractivity contribution in [3.63, 3.8) is 0 Å². The average molecular weight is 522 g/mol. The number of nitrogens with zero attached hydrogens (tertiary/aromatic N) is 3. The minimum absolute atomic E-state index is 0.0723. The molecule has 11 nitrogen and oxygen atoms in total. The third kappa shape index (κ3) is 4.99. The molecule has 2 heterocycles. The maximum atomic E-state index is 13.2. The van der Waals surface area contributed by atoms with Gasteiger partial charge in [-0.15, -0.1) is 0 Å². The Bertz CT molecular complexity index is 1330. The normalized spacial score (nSPS) is 16.4. The number of likely N-dealkylation sites (N-methyl/N-ethyl adjacent to an activating group) is 1. The summed E-state index contributed by atoms with van der Waals surface area (Å²) in [6, 6.07) is 14.4. The molecule has 1 aliphatic rings. The number of carbonyl (C=O) groups excluding carboxylic acids is 3. The third-order valence-corrected chi connectivity index (χ3v) is 6.70. The van der Waals surface area contributed by atoms with Crippen molar-refractivity contribution in [3.05, 3.63) is 71.0 Å². The summed E-state index contributed by atoms with van der Waals surface area (Å²) in [6.07, 6.45) is 0. The lowest BCUT2D eigenvalue weighted by Crippen LogP contribution is -2.62. The molecule has 200 valence electrons. The van der Waals surface area contributed by atoms with Gasteiger partial charge < -0.3 is 29.7 Å². The first-order chi connectivity index (χ1) is 18.2. The molecule has 2 N–H and O–H groups in total. The summed E-state index contributed by atoms with van der Waals surface area (Å²) in [5.74, 6) is 0.201. The molecule has 0 spiro atoms. The SMILES string of the molecule is COc1cc(CNC(=O)c2cc3n(n2)C[C@@](C)(C(=O)NCc2ccccc2)N(C)C3=O)cc(OC)c1OC. The molecule has 0 fully saturated rings. The molecule has 1 atom stereocenters. The van der Waals surface area contributed by atoms with Crippen LogP contribution in [0.2, 0.25) is 0 Å². The van der Waals surface area contributed by atoms with Crippen molar-refractivity contribution in [1.29, 1.82) is 0 Å². The molecule has 0 aliphatic carbocycles. The topological polar surface area (TPSA) is 124 Å². The highest BCUT2D eigenvalue weighted by Crippen LogP contribution is 2.38. The number of benzene rings is 2. The van der Waals surface area contributed by atoms with Crippen molar-refractivity contribution in [2.75, 3.05) is 28.4 Å². The second-order valence-corrected chi connectivity index (χ2v) is 9.10. The van der Waals surface area contributed by atoms with Crippen molar-refractivity contribution in [2.45, 2.75) is 32.1 Å². The molecular weight excluding hydrogens is 490 g/mol. The van der Waals surface area contributed by atoms with E-state index in [2.05, 4.69) is 15.7 Å². The highest BCUT2D eigenvalue weighted by Gasteiger charge is 2.46. The van der Waals surface area contributed by atoms with Crippen LogP contribution < -0.4 is 24.8 Å². The van der Waals surface area contributed by atoms with Crippen LogP contribution in [-0.4, -0.2) is 66.3 Å². The van der Waals surface area contributed by atoms with Crippen LogP contribution in [0.3, 0.4) is 0 Å². The van der Waals surface area contributed by atoms with Gasteiger partial charge in [-0.1, -0.05) is 30.3 Å². The number of aromatic nitrogens is 2. The van der Waals surface area contributed by atoms with E-state index in [-0.39, 0.29) is 30.4 Å². The van der Waals surface area contributed by atoms with E-state index in [1.165, 1.54) is 37.0 Å². The van der Waals surface area contributed by atoms with Crippen LogP contribution in [0.5, 0.6) is 17.2 Å². The van der Waals surface area contributed by atoms with Gasteiger partial charge >= 0.3 is 0 Å². The molecule has 1 aliphatic heterocycles. The number of fused-ring (bicyclic) bond motifs is 1. The third-order valence-electron chi connectivity index (χ3n) is 6.70. The quantitative estimate of drug-likeness (QED) is 0.441. The number of amides is 3. The largest absolute Gasteiger partial charge is 0.493 e. The van der Waals surface area contributed by atoms with Crippen LogP contribution in [0, 0.1) is 0 Å². The van der Waals surface area contributed by atoms with E-state index in [0.717, 1.165) is 11.1 Å². The fourth-order valence-corrected chi connectivity index (χ4v) is 4.32. The Morgan fingerprint density at radius 1 is 0.947 bits per heavy atom. The van der Waals surface area contributed by atoms with Crippen molar-refractivity contribution >= 4 is 17.7 Å². The monoisotopic (exact) mass is 521 g/mol. The maximum absolute atomic E-state index is 13.2. The molecule has 2 aromatic carbocycles. The Labute approximate surface area is 220 Å². The highest BCUT2D eigenvalue weighted by molar-refractivity contribution is 6.01. The predicted octanol–water partition coefficient (Wildman–Crippen LogP) is 2.00. The summed E-state index contributed by atoms with van der Waals surface area (Å²) in [4.78, 5) is 40.6. The number of hydrogen-bond donors (Lipinski definition) is 2. The van der Waals surface area contributed by atoms with E-state index in [1.807, 2.05) is 30.3 Å². The van der Waals surface area contributed by atoms with Crippen molar-refractivity contribution in [3.8, 4) is 17.2 Å². The number of carbonyl (C=O) groups is 3. The Hall–Kier alpha value is -4.54. The second kappa shape index (κ2) is 10.8. The lowest BCUT2D eigenvalue weighted by Gasteiger charge is -2.40. The maximum Gasteiger partial charge on any atom is 0.272 e. The van der Waals surface area contributed by atoms with E-state index in [1.54, 1.807) is 26.1 Å². The average Bonchev–Trinajstić information content (AvgIpc) is 3.37. The van der Waals surface area contributed by atoms with Gasteiger partial charge in [0.25, 0.3) is 11.8 Å². The molecule has 0 radical (unpaired) electrons. The zero-order valence-electron chi connectivity index (χ0n) is 22.0. The minimum atomic E-state index is -1.19. The molecule has 4 rings (SSSR count). The summed E-state index contributed by atoms with van der Waals surface area (Å²) in [5, 5.41) is 10.1. The summed E-state index contributed by atoms with van der Waals surface area (Å²) >= 11 is 0. The fourth-order valence-electron chi connectivity index (χ4n) is 4.32. The smallest absolute Gasteiger partial charge is 0.272 e. The molecule has 11 heteroatoms. The van der Waals surface area contributed by atoms with E-state index < -0.39 is 17.4 Å². The number of methoxy groups -OCH3 is 3. The van der Waals surface area contributed by atoms with Gasteiger partial charge in [0.2, 0.25) is 11.7 Å². The van der Waals surface area contributed by atoms with Crippen LogP contribution in [0.1, 0.15) is 39.0 Å². The lowest BCUT2D eigenvalue weighted by atomic mass is 9.96. The number of rotatable bonds is 9. The molecule has 0 unspecified atom stereocenters. The number of hydrogen-bond acceptors (Lipinski definition) is 7. The van der Waals surface area contributed by atoms with Crippen LogP contribution in [-0.2, 0) is 24.4 Å². The van der Waals surface area contributed by atoms with Crippen LogP contribution >= 0.6 is 0 Å². The van der Waals surface area contributed by atoms with Crippen molar-refractivity contribution < 1.29 is 28.6 Å². The van der Waals surface area contributed by atoms with Crippen LogP contribution in [0.4, 0.5) is 0 Å². The van der Waals surface area contributed by atoms with Gasteiger partial charge in [-0.3, -0.25) is 19.1 Å². The Morgan fingerprint density at radius 3 is 2.18 bits per heavy atom. The summed E-state index contributed by atoms with van der Waals surface area (Å²) in [5.41, 5.74) is 0.784. The molecule has 3 aromatic rings. The lowest BCUT2D eigenvalue weighted by molar-refractivity contribution is -0.132. The van der Waals surface area contributed by atoms with E-state index >= 15 is 0 Å². The number of nitrogens with one attached hydrogen (secondary N) is 2. The Kier molecular flexibility index (Phi) is 7.56. The second-order valence-electron chi connectivity index (χ2n) is 9.10. The van der Waals surface area contributed by atoms with Gasteiger partial charge in [-0.2, -0.15) is 5.10 Å². The standard InChI is InChI=1S/C27H31N5O6/c1-27(26(35)29-14-17-9-7-6-8-10-17)16-32-20(25(34)31(27)2)13-19(30-32)24(33)28-15-18-11-21(36-3)23(38-5)22(12-18)37-4/h6-13H,14-16H2,1-5H3,(H,28,33)(H,29,35)/t27-/m0/s1. The van der Waals surface area contributed by atoms with Gasteiger partial charge in [-0.25, -0.2) is 0 Å². The first-order valence-corrected chi connectivity index (χ1v) is 12.0. The summed E-state index contributed by atoms with van der Waals surface area (Å²) in [7, 11) is 6.11. The molecule has 1 aromatic heterocycles. The van der Waals surface area contributed by atoms with Gasteiger partial charge in [0.05, 0.1) is 27.9 Å². The molecule has 0 bridgehead atoms. The number of ether oxygens (including phenoxy) is 3. The van der Waals surface area contributed by atoms with E-state index in [9.17, 15) is 14.4 Å². The zero-order chi connectivity index (χ0) is 27.4. The van der Waals surface area contributed by atoms with Crippen LogP contribution in [0.15, 0.2) is 48.5 Å². The molecule has 0 saturated carbocycles. The van der Waals surface area contributed by atoms with E-state index in [4.69, 9.17) is 14.2 Å². The summed E-state index contributed by atoms with van der Waals surface area (Å²) < 4.78 is 17.5. The first-order valence-electron chi connectivity index (χ1n) is 12.0. The van der Waals surface area contributed by atoms with Gasteiger partial charge in [0.1, 0.15) is 11.2 Å². The van der Waals surface area contributed by atoms with Crippen molar-refractivity contribution in [2.24, 2.45) is 0 Å². The van der Waals surface area contributed by atoms with Gasteiger partial charge in [0.15, 0.2) is 17.2 Å². The molecule has 0 saturated heterocycles. The highest BCUT2D eigenvalue weighted by atomic mass is 16.5.